The van der Waals surface area contributed by atoms with Gasteiger partial charge in [-0.05, 0) is 12.1 Å². The number of aromatic nitrogens is 2. The predicted octanol–water partition coefficient (Wildman–Crippen LogP) is 3.49. The highest BCUT2D eigenvalue weighted by Gasteiger charge is 2.17. The number of anilines is 2. The van der Waals surface area contributed by atoms with Crippen molar-refractivity contribution in [2.24, 2.45) is 0 Å². The molecule has 1 aromatic heterocycles. The molecule has 2 rings (SSSR count). The van der Waals surface area contributed by atoms with Gasteiger partial charge in [0.25, 0.3) is 0 Å². The Labute approximate surface area is 116 Å². The highest BCUT2D eigenvalue weighted by Crippen LogP contribution is 2.22. The number of nitrogens with zero attached hydrogens (tertiary/aromatic N) is 1. The van der Waals surface area contributed by atoms with E-state index in [1.165, 1.54) is 12.1 Å². The Hall–Kier alpha value is -2.37. The smallest absolute Gasteiger partial charge is 0.305 e. The second-order valence-electron chi connectivity index (χ2n) is 5.48. The molecular formula is C14H17FN4O. The Morgan fingerprint density at radius 1 is 1.25 bits per heavy atom. The van der Waals surface area contributed by atoms with Crippen LogP contribution in [0.15, 0.2) is 30.3 Å². The van der Waals surface area contributed by atoms with Gasteiger partial charge in [-0.25, -0.2) is 9.18 Å². The number of benzene rings is 1. The summed E-state index contributed by atoms with van der Waals surface area (Å²) in [5, 5.41) is 11.8. The number of rotatable bonds is 2. The van der Waals surface area contributed by atoms with E-state index in [2.05, 4.69) is 20.8 Å². The predicted molar refractivity (Wildman–Crippen MR) is 76.3 cm³/mol. The fraction of sp³-hybridized carbons (Fsp3) is 0.286. The zero-order chi connectivity index (χ0) is 14.8. The molecule has 0 fully saturated rings. The number of halogens is 1. The van der Waals surface area contributed by atoms with Gasteiger partial charge in [0, 0.05) is 17.2 Å². The molecule has 0 saturated carbocycles. The number of carbonyl (C=O) groups is 1. The van der Waals surface area contributed by atoms with Crippen molar-refractivity contribution in [1.82, 2.24) is 10.2 Å². The van der Waals surface area contributed by atoms with Crippen molar-refractivity contribution < 1.29 is 9.18 Å². The highest BCUT2D eigenvalue weighted by atomic mass is 19.1. The molecule has 0 aliphatic heterocycles. The maximum Gasteiger partial charge on any atom is 0.324 e. The highest BCUT2D eigenvalue weighted by molar-refractivity contribution is 5.99. The quantitative estimate of drug-likeness (QED) is 0.785. The van der Waals surface area contributed by atoms with Crippen molar-refractivity contribution in [3.8, 4) is 0 Å². The Morgan fingerprint density at radius 3 is 2.55 bits per heavy atom. The van der Waals surface area contributed by atoms with Crippen LogP contribution < -0.4 is 10.6 Å². The molecule has 106 valence electrons. The summed E-state index contributed by atoms with van der Waals surface area (Å²) in [5.41, 5.74) is 0.935. The van der Waals surface area contributed by atoms with Crippen molar-refractivity contribution in [1.29, 1.82) is 0 Å². The molecule has 1 heterocycles. The minimum absolute atomic E-state index is 0.0883. The molecule has 0 saturated heterocycles. The molecule has 0 aliphatic carbocycles. The van der Waals surface area contributed by atoms with E-state index in [1.807, 2.05) is 20.8 Å². The van der Waals surface area contributed by atoms with E-state index in [-0.39, 0.29) is 11.1 Å². The Morgan fingerprint density at radius 2 is 1.95 bits per heavy atom. The van der Waals surface area contributed by atoms with E-state index in [0.717, 1.165) is 5.69 Å². The second kappa shape index (κ2) is 5.32. The summed E-state index contributed by atoms with van der Waals surface area (Å²) in [7, 11) is 0. The first-order valence-corrected chi connectivity index (χ1v) is 6.25. The lowest BCUT2D eigenvalue weighted by Gasteiger charge is -2.14. The van der Waals surface area contributed by atoms with Gasteiger partial charge in [-0.1, -0.05) is 32.9 Å². The van der Waals surface area contributed by atoms with E-state index in [1.54, 1.807) is 18.2 Å². The summed E-state index contributed by atoms with van der Waals surface area (Å²) in [6.45, 7) is 6.09. The lowest BCUT2D eigenvalue weighted by molar-refractivity contribution is 0.262. The summed E-state index contributed by atoms with van der Waals surface area (Å²) in [6.07, 6.45) is 0. The second-order valence-corrected chi connectivity index (χ2v) is 5.48. The Balaban J connectivity index is 2.02. The molecule has 6 heteroatoms. The fourth-order valence-electron chi connectivity index (χ4n) is 1.60. The van der Waals surface area contributed by atoms with Crippen molar-refractivity contribution in [2.75, 3.05) is 10.6 Å². The molecular weight excluding hydrogens is 259 g/mol. The lowest BCUT2D eigenvalue weighted by Crippen LogP contribution is -2.20. The van der Waals surface area contributed by atoms with Crippen LogP contribution in [0.2, 0.25) is 0 Å². The molecule has 0 unspecified atom stereocenters. The van der Waals surface area contributed by atoms with Crippen LogP contribution in [0.25, 0.3) is 0 Å². The topological polar surface area (TPSA) is 69.8 Å². The number of carbonyl (C=O) groups excluding carboxylic acids is 1. The molecule has 1 aromatic carbocycles. The normalized spacial score (nSPS) is 11.2. The molecule has 0 spiro atoms. The van der Waals surface area contributed by atoms with E-state index in [0.29, 0.717) is 5.82 Å². The monoisotopic (exact) mass is 276 g/mol. The molecule has 2 aromatic rings. The Bertz CT molecular complexity index is 616. The summed E-state index contributed by atoms with van der Waals surface area (Å²) >= 11 is 0. The number of hydrogen-bond acceptors (Lipinski definition) is 2. The number of amides is 2. The van der Waals surface area contributed by atoms with Crippen LogP contribution in [0.5, 0.6) is 0 Å². The first kappa shape index (κ1) is 14.0. The number of H-pyrrole nitrogens is 1. The molecule has 3 N–H and O–H groups in total. The van der Waals surface area contributed by atoms with Gasteiger partial charge >= 0.3 is 6.03 Å². The van der Waals surface area contributed by atoms with Gasteiger partial charge in [0.05, 0.1) is 5.69 Å². The average molecular weight is 276 g/mol. The van der Waals surface area contributed by atoms with E-state index in [9.17, 15) is 9.18 Å². The number of urea groups is 1. The van der Waals surface area contributed by atoms with Crippen LogP contribution >= 0.6 is 0 Å². The zero-order valence-corrected chi connectivity index (χ0v) is 11.6. The first-order valence-electron chi connectivity index (χ1n) is 6.25. The van der Waals surface area contributed by atoms with E-state index >= 15 is 0 Å². The van der Waals surface area contributed by atoms with E-state index < -0.39 is 11.8 Å². The maximum atomic E-state index is 13.4. The van der Waals surface area contributed by atoms with Crippen LogP contribution in [0, 0.1) is 5.82 Å². The van der Waals surface area contributed by atoms with Gasteiger partial charge in [0.1, 0.15) is 5.82 Å². The van der Waals surface area contributed by atoms with Gasteiger partial charge in [0.2, 0.25) is 0 Å². The minimum Gasteiger partial charge on any atom is -0.305 e. The van der Waals surface area contributed by atoms with Gasteiger partial charge in [-0.3, -0.25) is 10.4 Å². The lowest BCUT2D eigenvalue weighted by atomic mass is 9.92. The summed E-state index contributed by atoms with van der Waals surface area (Å²) in [4.78, 5) is 11.8. The number of para-hydroxylation sites is 1. The maximum absolute atomic E-state index is 13.4. The van der Waals surface area contributed by atoms with Crippen LogP contribution in [0.1, 0.15) is 26.5 Å². The van der Waals surface area contributed by atoms with Gasteiger partial charge in [0.15, 0.2) is 5.82 Å². The van der Waals surface area contributed by atoms with Gasteiger partial charge in [-0.2, -0.15) is 5.10 Å². The summed E-state index contributed by atoms with van der Waals surface area (Å²) < 4.78 is 13.4. The van der Waals surface area contributed by atoms with Gasteiger partial charge in [-0.15, -0.1) is 0 Å². The number of nitrogens with one attached hydrogen (secondary N) is 3. The molecule has 20 heavy (non-hydrogen) atoms. The third-order valence-electron chi connectivity index (χ3n) is 2.75. The third kappa shape index (κ3) is 3.34. The molecule has 0 radical (unpaired) electrons. The fourth-order valence-corrected chi connectivity index (χ4v) is 1.60. The largest absolute Gasteiger partial charge is 0.324 e. The molecule has 0 atom stereocenters. The SMILES string of the molecule is CC(C)(C)c1cc(NC(=O)Nc2ccccc2F)n[nH]1. The minimum atomic E-state index is -0.540. The van der Waals surface area contributed by atoms with Crippen molar-refractivity contribution in [3.05, 3.63) is 41.8 Å². The standard InChI is InChI=1S/C14H17FN4O/c1-14(2,3)11-8-12(19-18-11)17-13(20)16-10-7-5-4-6-9(10)15/h4-8H,1-3H3,(H3,16,17,18,19,20). The van der Waals surface area contributed by atoms with Crippen LogP contribution in [-0.2, 0) is 5.41 Å². The zero-order valence-electron chi connectivity index (χ0n) is 11.6. The van der Waals surface area contributed by atoms with Crippen LogP contribution in [-0.4, -0.2) is 16.2 Å². The van der Waals surface area contributed by atoms with E-state index in [4.69, 9.17) is 0 Å². The average Bonchev–Trinajstić information content (AvgIpc) is 2.80. The molecule has 2 amide bonds. The molecule has 0 bridgehead atoms. The summed E-state index contributed by atoms with van der Waals surface area (Å²) in [6, 6.07) is 7.18. The molecule has 5 nitrogen and oxygen atoms in total. The van der Waals surface area contributed by atoms with Crippen molar-refractivity contribution >= 4 is 17.5 Å². The van der Waals surface area contributed by atoms with Gasteiger partial charge < -0.3 is 5.32 Å². The third-order valence-corrected chi connectivity index (χ3v) is 2.75. The van der Waals surface area contributed by atoms with Crippen LogP contribution in [0.4, 0.5) is 20.7 Å². The van der Waals surface area contributed by atoms with Crippen molar-refractivity contribution in [2.45, 2.75) is 26.2 Å². The molecule has 0 aliphatic rings. The summed E-state index contributed by atoms with van der Waals surface area (Å²) in [5.74, 6) is -0.0937. The van der Waals surface area contributed by atoms with Crippen molar-refractivity contribution in [3.63, 3.8) is 0 Å². The Kier molecular flexibility index (Phi) is 3.74. The van der Waals surface area contributed by atoms with Crippen LogP contribution in [0.3, 0.4) is 0 Å². The number of aromatic amines is 1. The number of hydrogen-bond donors (Lipinski definition) is 3. The first-order chi connectivity index (χ1) is 9.36.